The zero-order valence-electron chi connectivity index (χ0n) is 12.1. The van der Waals surface area contributed by atoms with Crippen LogP contribution in [0, 0.1) is 29.1 Å². The molecule has 0 aromatic rings. The average Bonchev–Trinajstić information content (AvgIpc) is 2.26. The van der Waals surface area contributed by atoms with E-state index in [1.165, 1.54) is 0 Å². The number of carbonyl (C=O) groups excluding carboxylic acids is 2. The summed E-state index contributed by atoms with van der Waals surface area (Å²) in [7, 11) is 0. The Balaban J connectivity index is 3.80. The van der Waals surface area contributed by atoms with E-state index >= 15 is 0 Å². The summed E-state index contributed by atoms with van der Waals surface area (Å²) in [6.07, 6.45) is 1.27. The molecule has 0 heterocycles. The fourth-order valence-electron chi connectivity index (χ4n) is 1.15. The molecule has 4 heteroatoms. The molecule has 0 aliphatic heterocycles. The second-order valence-corrected chi connectivity index (χ2v) is 5.25. The lowest BCUT2D eigenvalue weighted by atomic mass is 9.92. The first kappa shape index (κ1) is 17.1. The van der Waals surface area contributed by atoms with Crippen LogP contribution in [0.2, 0.25) is 0 Å². The van der Waals surface area contributed by atoms with Crippen molar-refractivity contribution in [2.45, 2.75) is 47.0 Å². The van der Waals surface area contributed by atoms with Crippen molar-refractivity contribution >= 4 is 11.8 Å². The van der Waals surface area contributed by atoms with Crippen molar-refractivity contribution in [3.63, 3.8) is 0 Å². The molecule has 2 N–H and O–H groups in total. The highest BCUT2D eigenvalue weighted by molar-refractivity contribution is 5.80. The van der Waals surface area contributed by atoms with Gasteiger partial charge in [-0.2, -0.15) is 0 Å². The van der Waals surface area contributed by atoms with Crippen LogP contribution in [0.1, 0.15) is 47.0 Å². The second kappa shape index (κ2) is 9.05. The highest BCUT2D eigenvalue weighted by Crippen LogP contribution is 2.17. The van der Waals surface area contributed by atoms with Crippen molar-refractivity contribution in [3.05, 3.63) is 0 Å². The van der Waals surface area contributed by atoms with Crippen LogP contribution in [0.25, 0.3) is 0 Å². The van der Waals surface area contributed by atoms with Gasteiger partial charge in [-0.3, -0.25) is 9.59 Å². The molecule has 0 rings (SSSR count). The standard InChI is InChI=1S/C15H22N2O2/c1-5-6-7-8-9-10-13(18)16-12-17-14(19)11-15(2,3)4/h5,10-12H2,1-4H3,(H,16,18)(H,17,19). The Morgan fingerprint density at radius 1 is 1.00 bits per heavy atom. The van der Waals surface area contributed by atoms with Gasteiger partial charge in [-0.15, -0.1) is 0 Å². The van der Waals surface area contributed by atoms with Gasteiger partial charge in [-0.1, -0.05) is 39.5 Å². The molecule has 0 saturated heterocycles. The van der Waals surface area contributed by atoms with Crippen LogP contribution < -0.4 is 10.6 Å². The van der Waals surface area contributed by atoms with E-state index in [0.29, 0.717) is 6.42 Å². The minimum atomic E-state index is -0.221. The Morgan fingerprint density at radius 2 is 1.58 bits per heavy atom. The Kier molecular flexibility index (Phi) is 8.13. The van der Waals surface area contributed by atoms with Gasteiger partial charge >= 0.3 is 0 Å². The summed E-state index contributed by atoms with van der Waals surface area (Å²) in [5.74, 6) is 10.4. The van der Waals surface area contributed by atoms with Gasteiger partial charge in [0.2, 0.25) is 11.8 Å². The number of carbonyl (C=O) groups is 2. The van der Waals surface area contributed by atoms with E-state index in [1.54, 1.807) is 0 Å². The number of hydrogen-bond acceptors (Lipinski definition) is 2. The number of hydrogen-bond donors (Lipinski definition) is 2. The third-order valence-corrected chi connectivity index (χ3v) is 1.93. The number of rotatable bonds is 4. The van der Waals surface area contributed by atoms with Crippen molar-refractivity contribution in [1.29, 1.82) is 0 Å². The monoisotopic (exact) mass is 262 g/mol. The van der Waals surface area contributed by atoms with Gasteiger partial charge in [0.05, 0.1) is 13.1 Å². The maximum absolute atomic E-state index is 11.5. The van der Waals surface area contributed by atoms with Gasteiger partial charge in [0.15, 0.2) is 0 Å². The smallest absolute Gasteiger partial charge is 0.233 e. The fraction of sp³-hybridized carbons (Fsp3) is 0.600. The van der Waals surface area contributed by atoms with Gasteiger partial charge in [0, 0.05) is 12.8 Å². The first-order valence-corrected chi connectivity index (χ1v) is 6.34. The molecule has 19 heavy (non-hydrogen) atoms. The molecule has 0 aliphatic carbocycles. The van der Waals surface area contributed by atoms with Gasteiger partial charge in [-0.05, 0) is 17.3 Å². The second-order valence-electron chi connectivity index (χ2n) is 5.25. The maximum Gasteiger partial charge on any atom is 0.233 e. The molecular weight excluding hydrogens is 240 g/mol. The normalized spacial score (nSPS) is 9.47. The minimum Gasteiger partial charge on any atom is -0.339 e. The Hall–Kier alpha value is -1.94. The van der Waals surface area contributed by atoms with Crippen molar-refractivity contribution in [1.82, 2.24) is 10.6 Å². The predicted octanol–water partition coefficient (Wildman–Crippen LogP) is 1.42. The van der Waals surface area contributed by atoms with Crippen LogP contribution >= 0.6 is 0 Å². The largest absolute Gasteiger partial charge is 0.339 e. The summed E-state index contributed by atoms with van der Waals surface area (Å²) < 4.78 is 0. The Bertz CT molecular complexity index is 425. The van der Waals surface area contributed by atoms with E-state index in [2.05, 4.69) is 34.3 Å². The first-order chi connectivity index (χ1) is 8.85. The Morgan fingerprint density at radius 3 is 2.16 bits per heavy atom. The summed E-state index contributed by atoms with van der Waals surface area (Å²) in [5.41, 5.74) is -0.0580. The molecule has 0 bridgehead atoms. The highest BCUT2D eigenvalue weighted by atomic mass is 16.2. The van der Waals surface area contributed by atoms with Crippen LogP contribution in [0.15, 0.2) is 0 Å². The molecule has 0 aromatic carbocycles. The van der Waals surface area contributed by atoms with E-state index in [4.69, 9.17) is 0 Å². The van der Waals surface area contributed by atoms with Crippen LogP contribution in [0.5, 0.6) is 0 Å². The lowest BCUT2D eigenvalue weighted by Gasteiger charge is -2.17. The molecule has 0 saturated carbocycles. The molecule has 0 unspecified atom stereocenters. The quantitative estimate of drug-likeness (QED) is 0.594. The van der Waals surface area contributed by atoms with Crippen molar-refractivity contribution in [2.24, 2.45) is 5.41 Å². The van der Waals surface area contributed by atoms with Crippen molar-refractivity contribution in [3.8, 4) is 23.7 Å². The third kappa shape index (κ3) is 12.3. The van der Waals surface area contributed by atoms with Crippen LogP contribution in [-0.2, 0) is 9.59 Å². The summed E-state index contributed by atoms with van der Waals surface area (Å²) in [6.45, 7) is 8.02. The predicted molar refractivity (Wildman–Crippen MR) is 75.7 cm³/mol. The molecule has 0 fully saturated rings. The zero-order chi connectivity index (χ0) is 14.7. The van der Waals surface area contributed by atoms with Gasteiger partial charge < -0.3 is 10.6 Å². The van der Waals surface area contributed by atoms with Gasteiger partial charge in [0.25, 0.3) is 0 Å². The summed E-state index contributed by atoms with van der Waals surface area (Å²) in [4.78, 5) is 22.8. The van der Waals surface area contributed by atoms with Crippen LogP contribution in [-0.4, -0.2) is 18.5 Å². The third-order valence-electron chi connectivity index (χ3n) is 1.93. The van der Waals surface area contributed by atoms with E-state index < -0.39 is 0 Å². The number of nitrogens with one attached hydrogen (secondary N) is 2. The van der Waals surface area contributed by atoms with Gasteiger partial charge in [0.1, 0.15) is 0 Å². The van der Waals surface area contributed by atoms with E-state index in [0.717, 1.165) is 6.42 Å². The van der Waals surface area contributed by atoms with Crippen molar-refractivity contribution in [2.75, 3.05) is 6.67 Å². The van der Waals surface area contributed by atoms with E-state index in [-0.39, 0.29) is 30.3 Å². The highest BCUT2D eigenvalue weighted by Gasteiger charge is 2.15. The number of amides is 2. The Labute approximate surface area is 115 Å². The summed E-state index contributed by atoms with van der Waals surface area (Å²) in [6, 6.07) is 0. The fourth-order valence-corrected chi connectivity index (χ4v) is 1.15. The molecule has 0 aliphatic rings. The van der Waals surface area contributed by atoms with E-state index in [9.17, 15) is 9.59 Å². The zero-order valence-corrected chi connectivity index (χ0v) is 12.1. The molecule has 0 atom stereocenters. The van der Waals surface area contributed by atoms with E-state index in [1.807, 2.05) is 27.7 Å². The topological polar surface area (TPSA) is 58.2 Å². The summed E-state index contributed by atoms with van der Waals surface area (Å²) >= 11 is 0. The summed E-state index contributed by atoms with van der Waals surface area (Å²) in [5, 5.41) is 5.20. The molecule has 4 nitrogen and oxygen atoms in total. The van der Waals surface area contributed by atoms with Gasteiger partial charge in [-0.25, -0.2) is 0 Å². The molecule has 0 radical (unpaired) electrons. The molecular formula is C15H22N2O2. The molecule has 0 aromatic heterocycles. The van der Waals surface area contributed by atoms with Crippen LogP contribution in [0.4, 0.5) is 0 Å². The molecule has 0 spiro atoms. The SMILES string of the molecule is CCC#CC#CCC(=O)NCNC(=O)CC(C)(C)C. The molecule has 104 valence electrons. The first-order valence-electron chi connectivity index (χ1n) is 6.34. The maximum atomic E-state index is 11.5. The lowest BCUT2D eigenvalue weighted by molar-refractivity contribution is -0.123. The lowest BCUT2D eigenvalue weighted by Crippen LogP contribution is -2.38. The van der Waals surface area contributed by atoms with Crippen LogP contribution in [0.3, 0.4) is 0 Å². The minimum absolute atomic E-state index is 0.0580. The van der Waals surface area contributed by atoms with Crippen molar-refractivity contribution < 1.29 is 9.59 Å². The molecule has 2 amide bonds. The average molecular weight is 262 g/mol.